The van der Waals surface area contributed by atoms with Crippen LogP contribution in [0.5, 0.6) is 0 Å². The first-order valence-electron chi connectivity index (χ1n) is 9.94. The molecule has 1 saturated heterocycles. The number of aryl methyl sites for hydroxylation is 1. The van der Waals surface area contributed by atoms with Crippen molar-refractivity contribution in [3.05, 3.63) is 48.2 Å². The van der Waals surface area contributed by atoms with Crippen LogP contribution in [-0.4, -0.2) is 61.7 Å². The number of benzene rings is 1. The zero-order chi connectivity index (χ0) is 20.9. The molecular formula is C20H29FN4O3S. The molecule has 2 unspecified atom stereocenters. The van der Waals surface area contributed by atoms with Crippen molar-refractivity contribution < 1.29 is 17.5 Å². The van der Waals surface area contributed by atoms with Crippen LogP contribution in [0.3, 0.4) is 0 Å². The summed E-state index contributed by atoms with van der Waals surface area (Å²) in [6.07, 6.45) is 3.90. The quantitative estimate of drug-likeness (QED) is 0.590. The molecule has 2 heterocycles. The molecule has 0 spiro atoms. The number of nitrogens with one attached hydrogen (secondary N) is 1. The number of hydrogen-bond acceptors (Lipinski definition) is 5. The SMILES string of the molecule is CCOCCCNCC1CN(S(=O)(=O)c2cn(C)cn2)CC1c1ccc(F)cc1. The van der Waals surface area contributed by atoms with E-state index in [-0.39, 0.29) is 22.7 Å². The van der Waals surface area contributed by atoms with Crippen molar-refractivity contribution in [3.8, 4) is 0 Å². The van der Waals surface area contributed by atoms with Gasteiger partial charge in [0, 0.05) is 45.5 Å². The number of ether oxygens (including phenoxy) is 1. The van der Waals surface area contributed by atoms with E-state index in [1.807, 2.05) is 6.92 Å². The Morgan fingerprint density at radius 3 is 2.69 bits per heavy atom. The molecule has 0 radical (unpaired) electrons. The number of nitrogens with zero attached hydrogens (tertiary/aromatic N) is 3. The van der Waals surface area contributed by atoms with Crippen LogP contribution in [0.15, 0.2) is 41.8 Å². The van der Waals surface area contributed by atoms with E-state index in [0.29, 0.717) is 32.8 Å². The minimum atomic E-state index is -3.66. The second kappa shape index (κ2) is 9.80. The van der Waals surface area contributed by atoms with E-state index < -0.39 is 10.0 Å². The number of hydrogen-bond donors (Lipinski definition) is 1. The van der Waals surface area contributed by atoms with Crippen molar-refractivity contribution in [3.63, 3.8) is 0 Å². The molecule has 0 saturated carbocycles. The fourth-order valence-corrected chi connectivity index (χ4v) is 5.20. The Morgan fingerprint density at radius 1 is 1.28 bits per heavy atom. The molecule has 0 amide bonds. The average Bonchev–Trinajstić information content (AvgIpc) is 3.32. The van der Waals surface area contributed by atoms with Gasteiger partial charge in [-0.1, -0.05) is 12.1 Å². The van der Waals surface area contributed by atoms with Crippen LogP contribution < -0.4 is 5.32 Å². The van der Waals surface area contributed by atoms with Crippen LogP contribution >= 0.6 is 0 Å². The summed E-state index contributed by atoms with van der Waals surface area (Å²) in [6, 6.07) is 6.35. The monoisotopic (exact) mass is 424 g/mol. The molecule has 7 nitrogen and oxygen atoms in total. The molecule has 29 heavy (non-hydrogen) atoms. The Balaban J connectivity index is 1.72. The highest BCUT2D eigenvalue weighted by atomic mass is 32.2. The summed E-state index contributed by atoms with van der Waals surface area (Å²) in [4.78, 5) is 4.02. The molecule has 1 aliphatic heterocycles. The van der Waals surface area contributed by atoms with Gasteiger partial charge >= 0.3 is 0 Å². The summed E-state index contributed by atoms with van der Waals surface area (Å²) in [5, 5.41) is 3.48. The van der Waals surface area contributed by atoms with E-state index in [0.717, 1.165) is 18.5 Å². The molecule has 160 valence electrons. The van der Waals surface area contributed by atoms with Crippen LogP contribution in [0.1, 0.15) is 24.8 Å². The molecule has 9 heteroatoms. The second-order valence-corrected chi connectivity index (χ2v) is 9.26. The fraction of sp³-hybridized carbons (Fsp3) is 0.550. The van der Waals surface area contributed by atoms with E-state index in [2.05, 4.69) is 10.3 Å². The lowest BCUT2D eigenvalue weighted by molar-refractivity contribution is 0.144. The minimum absolute atomic E-state index is 0.00604. The predicted molar refractivity (Wildman–Crippen MR) is 109 cm³/mol. The van der Waals surface area contributed by atoms with E-state index >= 15 is 0 Å². The van der Waals surface area contributed by atoms with Gasteiger partial charge in [0.1, 0.15) is 5.82 Å². The van der Waals surface area contributed by atoms with Gasteiger partial charge in [0.2, 0.25) is 0 Å². The zero-order valence-electron chi connectivity index (χ0n) is 16.9. The lowest BCUT2D eigenvalue weighted by Crippen LogP contribution is -2.31. The van der Waals surface area contributed by atoms with E-state index in [9.17, 15) is 12.8 Å². The van der Waals surface area contributed by atoms with Gasteiger partial charge in [-0.15, -0.1) is 0 Å². The molecule has 2 atom stereocenters. The highest BCUT2D eigenvalue weighted by Crippen LogP contribution is 2.35. The number of sulfonamides is 1. The fourth-order valence-electron chi connectivity index (χ4n) is 3.71. The molecule has 1 fully saturated rings. The molecule has 0 aliphatic carbocycles. The standard InChI is InChI=1S/C20H29FN4O3S/c1-3-28-10-4-9-22-11-17-12-25(29(26,27)20-14-24(2)15-23-20)13-19(17)16-5-7-18(21)8-6-16/h5-8,14-15,17,19,22H,3-4,9-13H2,1-2H3. The summed E-state index contributed by atoms with van der Waals surface area (Å²) in [5.74, 6) is -0.213. The van der Waals surface area contributed by atoms with Crippen molar-refractivity contribution in [1.82, 2.24) is 19.2 Å². The average molecular weight is 425 g/mol. The molecule has 3 rings (SSSR count). The second-order valence-electron chi connectivity index (χ2n) is 7.37. The van der Waals surface area contributed by atoms with Gasteiger partial charge < -0.3 is 14.6 Å². The summed E-state index contributed by atoms with van der Waals surface area (Å²) in [6.45, 7) is 5.62. The van der Waals surface area contributed by atoms with Crippen LogP contribution in [0.25, 0.3) is 0 Å². The number of halogens is 1. The first-order valence-corrected chi connectivity index (χ1v) is 11.4. The normalized spacial score (nSPS) is 20.4. The summed E-state index contributed by atoms with van der Waals surface area (Å²) < 4.78 is 47.9. The van der Waals surface area contributed by atoms with Crippen molar-refractivity contribution in [2.24, 2.45) is 13.0 Å². The number of rotatable bonds is 10. The summed E-state index contributed by atoms with van der Waals surface area (Å²) in [5.41, 5.74) is 0.950. The topological polar surface area (TPSA) is 76.5 Å². The van der Waals surface area contributed by atoms with Crippen molar-refractivity contribution in [1.29, 1.82) is 0 Å². The van der Waals surface area contributed by atoms with Crippen molar-refractivity contribution in [2.45, 2.75) is 24.3 Å². The molecule has 1 aromatic heterocycles. The van der Waals surface area contributed by atoms with Crippen LogP contribution in [0, 0.1) is 11.7 Å². The maximum Gasteiger partial charge on any atom is 0.262 e. The molecular weight excluding hydrogens is 395 g/mol. The van der Waals surface area contributed by atoms with E-state index in [1.165, 1.54) is 29.0 Å². The molecule has 1 aromatic carbocycles. The van der Waals surface area contributed by atoms with Crippen LogP contribution in [0.4, 0.5) is 4.39 Å². The van der Waals surface area contributed by atoms with Gasteiger partial charge in [-0.3, -0.25) is 0 Å². The Bertz CT molecular complexity index is 885. The van der Waals surface area contributed by atoms with Crippen molar-refractivity contribution in [2.75, 3.05) is 39.4 Å². The van der Waals surface area contributed by atoms with Gasteiger partial charge in [0.25, 0.3) is 10.0 Å². The largest absolute Gasteiger partial charge is 0.382 e. The van der Waals surface area contributed by atoms with Crippen molar-refractivity contribution >= 4 is 10.0 Å². The molecule has 1 aliphatic rings. The first kappa shape index (κ1) is 21.9. The predicted octanol–water partition coefficient (Wildman–Crippen LogP) is 1.98. The smallest absolute Gasteiger partial charge is 0.262 e. The Labute approximate surface area is 171 Å². The third-order valence-corrected chi connectivity index (χ3v) is 6.96. The van der Waals surface area contributed by atoms with Gasteiger partial charge in [-0.05, 0) is 50.0 Å². The third-order valence-electron chi connectivity index (χ3n) is 5.24. The Kier molecular flexibility index (Phi) is 7.39. The number of imidazole rings is 1. The minimum Gasteiger partial charge on any atom is -0.382 e. The van der Waals surface area contributed by atoms with Crippen LogP contribution in [0.2, 0.25) is 0 Å². The molecule has 2 aromatic rings. The zero-order valence-corrected chi connectivity index (χ0v) is 17.7. The Hall–Kier alpha value is -1.81. The maximum absolute atomic E-state index is 13.4. The third kappa shape index (κ3) is 5.42. The lowest BCUT2D eigenvalue weighted by Gasteiger charge is -2.19. The van der Waals surface area contributed by atoms with Crippen LogP contribution in [-0.2, 0) is 21.8 Å². The molecule has 1 N–H and O–H groups in total. The van der Waals surface area contributed by atoms with E-state index in [1.54, 1.807) is 23.7 Å². The van der Waals surface area contributed by atoms with E-state index in [4.69, 9.17) is 4.74 Å². The summed E-state index contributed by atoms with van der Waals surface area (Å²) >= 11 is 0. The lowest BCUT2D eigenvalue weighted by atomic mass is 9.89. The highest BCUT2D eigenvalue weighted by molar-refractivity contribution is 7.89. The van der Waals surface area contributed by atoms with Gasteiger partial charge in [0.15, 0.2) is 5.03 Å². The first-order chi connectivity index (χ1) is 13.9. The Morgan fingerprint density at radius 2 is 2.03 bits per heavy atom. The number of aromatic nitrogens is 2. The summed E-state index contributed by atoms with van der Waals surface area (Å²) in [7, 11) is -1.92. The van der Waals surface area contributed by atoms with Gasteiger partial charge in [-0.2, -0.15) is 4.31 Å². The van der Waals surface area contributed by atoms with Gasteiger partial charge in [-0.25, -0.2) is 17.8 Å². The van der Waals surface area contributed by atoms with Gasteiger partial charge in [0.05, 0.1) is 6.33 Å². The molecule has 0 bridgehead atoms. The highest BCUT2D eigenvalue weighted by Gasteiger charge is 2.40. The maximum atomic E-state index is 13.4.